The Morgan fingerprint density at radius 2 is 1.90 bits per heavy atom. The molecule has 2 aromatic carbocycles. The normalized spacial score (nSPS) is 24.0. The quantitative estimate of drug-likeness (QED) is 0.871. The molecule has 1 aliphatic rings. The summed E-state index contributed by atoms with van der Waals surface area (Å²) in [6.45, 7) is 2.08. The summed E-state index contributed by atoms with van der Waals surface area (Å²) in [7, 11) is 0. The van der Waals surface area contributed by atoms with Crippen molar-refractivity contribution in [1.29, 1.82) is 5.26 Å². The molecule has 0 bridgehead atoms. The smallest absolute Gasteiger partial charge is 0.0861 e. The molecule has 21 heavy (non-hydrogen) atoms. The van der Waals surface area contributed by atoms with E-state index < -0.39 is 0 Å². The van der Waals surface area contributed by atoms with Crippen LogP contribution < -0.4 is 5.32 Å². The van der Waals surface area contributed by atoms with Gasteiger partial charge in [-0.15, -0.1) is 0 Å². The molecule has 0 atom stereocenters. The van der Waals surface area contributed by atoms with E-state index in [-0.39, 0.29) is 5.41 Å². The molecule has 2 aromatic rings. The number of halogens is 1. The fourth-order valence-corrected chi connectivity index (χ4v) is 3.60. The average molecular weight is 341 g/mol. The Bertz CT molecular complexity index is 682. The van der Waals surface area contributed by atoms with E-state index in [1.54, 1.807) is 0 Å². The minimum Gasteiger partial charge on any atom is -0.381 e. The van der Waals surface area contributed by atoms with Crippen molar-refractivity contribution in [3.8, 4) is 6.07 Å². The van der Waals surface area contributed by atoms with Crippen LogP contribution in [0.3, 0.4) is 0 Å². The molecule has 0 radical (unpaired) electrons. The predicted octanol–water partition coefficient (Wildman–Crippen LogP) is 4.79. The van der Waals surface area contributed by atoms with Crippen LogP contribution in [0, 0.1) is 18.3 Å². The summed E-state index contributed by atoms with van der Waals surface area (Å²) >= 11 is 3.59. The van der Waals surface area contributed by atoms with Crippen molar-refractivity contribution < 1.29 is 0 Å². The standard InChI is InChI=1S/C18H17BrN2/c1-13-7-8-17(16(19)9-13)21-15-10-18(11-15,12-20)14-5-3-2-4-6-14/h2-9,15,21H,10-11H2,1H3. The van der Waals surface area contributed by atoms with Crippen molar-refractivity contribution >= 4 is 21.6 Å². The second kappa shape index (κ2) is 5.54. The number of aryl methyl sites for hydroxylation is 1. The maximum absolute atomic E-state index is 9.58. The fourth-order valence-electron chi connectivity index (χ4n) is 2.99. The third kappa shape index (κ3) is 2.69. The minimum absolute atomic E-state index is 0.323. The van der Waals surface area contributed by atoms with Gasteiger partial charge in [0.25, 0.3) is 0 Å². The summed E-state index contributed by atoms with van der Waals surface area (Å²) < 4.78 is 1.08. The first-order chi connectivity index (χ1) is 10.1. The molecule has 0 unspecified atom stereocenters. The zero-order chi connectivity index (χ0) is 14.9. The highest BCUT2D eigenvalue weighted by molar-refractivity contribution is 9.10. The lowest BCUT2D eigenvalue weighted by molar-refractivity contribution is 0.289. The summed E-state index contributed by atoms with van der Waals surface area (Å²) in [6.07, 6.45) is 1.71. The Balaban J connectivity index is 1.71. The van der Waals surface area contributed by atoms with Gasteiger partial charge >= 0.3 is 0 Å². The van der Waals surface area contributed by atoms with Gasteiger partial charge in [-0.2, -0.15) is 5.26 Å². The Kier molecular flexibility index (Phi) is 3.73. The maximum atomic E-state index is 9.58. The summed E-state index contributed by atoms with van der Waals surface area (Å²) in [4.78, 5) is 0. The van der Waals surface area contributed by atoms with E-state index in [0.29, 0.717) is 6.04 Å². The minimum atomic E-state index is -0.323. The lowest BCUT2D eigenvalue weighted by atomic mass is 9.62. The van der Waals surface area contributed by atoms with Crippen LogP contribution in [0.25, 0.3) is 0 Å². The molecule has 0 heterocycles. The zero-order valence-electron chi connectivity index (χ0n) is 11.9. The summed E-state index contributed by atoms with van der Waals surface area (Å²) in [6, 6.07) is 19.3. The number of nitrogens with one attached hydrogen (secondary N) is 1. The number of hydrogen-bond acceptors (Lipinski definition) is 2. The van der Waals surface area contributed by atoms with Crippen molar-refractivity contribution in [2.45, 2.75) is 31.2 Å². The maximum Gasteiger partial charge on any atom is 0.0861 e. The van der Waals surface area contributed by atoms with Crippen LogP contribution >= 0.6 is 15.9 Å². The fraction of sp³-hybridized carbons (Fsp3) is 0.278. The Hall–Kier alpha value is -1.79. The Morgan fingerprint density at radius 3 is 2.52 bits per heavy atom. The van der Waals surface area contributed by atoms with E-state index >= 15 is 0 Å². The molecule has 106 valence electrons. The Labute approximate surface area is 133 Å². The molecular weight excluding hydrogens is 324 g/mol. The third-order valence-corrected chi connectivity index (χ3v) is 4.87. The first-order valence-corrected chi connectivity index (χ1v) is 7.92. The highest BCUT2D eigenvalue weighted by Crippen LogP contribution is 2.45. The van der Waals surface area contributed by atoms with Crippen molar-refractivity contribution in [2.75, 3.05) is 5.32 Å². The van der Waals surface area contributed by atoms with Gasteiger partial charge in [-0.25, -0.2) is 0 Å². The number of nitriles is 1. The highest BCUT2D eigenvalue weighted by atomic mass is 79.9. The van der Waals surface area contributed by atoms with E-state index in [1.165, 1.54) is 5.56 Å². The topological polar surface area (TPSA) is 35.8 Å². The number of nitrogens with zero attached hydrogens (tertiary/aromatic N) is 1. The average Bonchev–Trinajstić information content (AvgIpc) is 2.45. The molecule has 1 saturated carbocycles. The van der Waals surface area contributed by atoms with Crippen molar-refractivity contribution in [3.63, 3.8) is 0 Å². The number of anilines is 1. The highest BCUT2D eigenvalue weighted by Gasteiger charge is 2.46. The number of benzene rings is 2. The van der Waals surface area contributed by atoms with E-state index in [1.807, 2.05) is 18.2 Å². The summed E-state index contributed by atoms with van der Waals surface area (Å²) in [5.74, 6) is 0. The number of rotatable bonds is 3. The van der Waals surface area contributed by atoms with Gasteiger partial charge in [0, 0.05) is 16.2 Å². The lowest BCUT2D eigenvalue weighted by Gasteiger charge is -2.43. The van der Waals surface area contributed by atoms with Crippen molar-refractivity contribution in [3.05, 3.63) is 64.1 Å². The molecule has 1 fully saturated rings. The van der Waals surface area contributed by atoms with Crippen LogP contribution in [-0.2, 0) is 5.41 Å². The van der Waals surface area contributed by atoms with Gasteiger partial charge in [0.1, 0.15) is 0 Å². The molecule has 0 aliphatic heterocycles. The van der Waals surface area contributed by atoms with Crippen LogP contribution in [0.2, 0.25) is 0 Å². The lowest BCUT2D eigenvalue weighted by Crippen LogP contribution is -2.47. The number of hydrogen-bond donors (Lipinski definition) is 1. The van der Waals surface area contributed by atoms with Gasteiger partial charge < -0.3 is 5.32 Å². The Morgan fingerprint density at radius 1 is 1.19 bits per heavy atom. The van der Waals surface area contributed by atoms with Crippen LogP contribution in [0.1, 0.15) is 24.0 Å². The van der Waals surface area contributed by atoms with Crippen molar-refractivity contribution in [2.24, 2.45) is 0 Å². The molecule has 3 rings (SSSR count). The van der Waals surface area contributed by atoms with Gasteiger partial charge in [-0.3, -0.25) is 0 Å². The molecule has 0 saturated heterocycles. The first-order valence-electron chi connectivity index (χ1n) is 7.12. The molecule has 1 aliphatic carbocycles. The SMILES string of the molecule is Cc1ccc(NC2CC(C#N)(c3ccccc3)C2)c(Br)c1. The monoisotopic (exact) mass is 340 g/mol. The zero-order valence-corrected chi connectivity index (χ0v) is 13.5. The summed E-state index contributed by atoms with van der Waals surface area (Å²) in [5, 5.41) is 13.1. The predicted molar refractivity (Wildman–Crippen MR) is 89.3 cm³/mol. The molecule has 0 aromatic heterocycles. The van der Waals surface area contributed by atoms with E-state index in [2.05, 4.69) is 64.6 Å². The van der Waals surface area contributed by atoms with Gasteiger partial charge in [-0.05, 0) is 59.0 Å². The molecule has 3 heteroatoms. The second-order valence-electron chi connectivity index (χ2n) is 5.79. The molecule has 2 nitrogen and oxygen atoms in total. The first kappa shape index (κ1) is 14.2. The van der Waals surface area contributed by atoms with Crippen molar-refractivity contribution in [1.82, 2.24) is 0 Å². The van der Waals surface area contributed by atoms with E-state index in [0.717, 1.165) is 28.6 Å². The van der Waals surface area contributed by atoms with Crippen LogP contribution in [-0.4, -0.2) is 6.04 Å². The second-order valence-corrected chi connectivity index (χ2v) is 6.65. The van der Waals surface area contributed by atoms with Crippen LogP contribution in [0.5, 0.6) is 0 Å². The van der Waals surface area contributed by atoms with Gasteiger partial charge in [0.2, 0.25) is 0 Å². The van der Waals surface area contributed by atoms with Crippen LogP contribution in [0.4, 0.5) is 5.69 Å². The van der Waals surface area contributed by atoms with Gasteiger partial charge in [-0.1, -0.05) is 36.4 Å². The third-order valence-electron chi connectivity index (χ3n) is 4.21. The molecular formula is C18H17BrN2. The van der Waals surface area contributed by atoms with Crippen LogP contribution in [0.15, 0.2) is 53.0 Å². The summed E-state index contributed by atoms with van der Waals surface area (Å²) in [5.41, 5.74) is 3.14. The van der Waals surface area contributed by atoms with E-state index in [9.17, 15) is 5.26 Å². The largest absolute Gasteiger partial charge is 0.381 e. The molecule has 0 amide bonds. The van der Waals surface area contributed by atoms with E-state index in [4.69, 9.17) is 0 Å². The molecule has 1 N–H and O–H groups in total. The molecule has 0 spiro atoms. The van der Waals surface area contributed by atoms with Gasteiger partial charge in [0.05, 0.1) is 11.5 Å². The van der Waals surface area contributed by atoms with Gasteiger partial charge in [0.15, 0.2) is 0 Å².